The fraction of sp³-hybridized carbons (Fsp3) is 0. The first-order valence-corrected chi connectivity index (χ1v) is 16.8. The van der Waals surface area contributed by atoms with Gasteiger partial charge < -0.3 is 4.98 Å². The highest BCUT2D eigenvalue weighted by atomic mass is 15.2. The van der Waals surface area contributed by atoms with Crippen LogP contribution in [-0.2, 0) is 0 Å². The van der Waals surface area contributed by atoms with Crippen LogP contribution in [0, 0.1) is 0 Å². The highest BCUT2D eigenvalue weighted by molar-refractivity contribution is 6.22. The first-order valence-electron chi connectivity index (χ1n) is 16.8. The lowest BCUT2D eigenvalue weighted by Gasteiger charge is -2.12. The SMILES string of the molecule is c1ccc(-c2ccc(-c3nc(-c4ccc(-c5ccccc5)cc4)nc(-n4c5ccccc5c5ccc6c7ccccc7[nH]c6c54)n3)cc2)cc1. The summed E-state index contributed by atoms with van der Waals surface area (Å²) in [6.07, 6.45) is 0. The molecule has 0 bridgehead atoms. The summed E-state index contributed by atoms with van der Waals surface area (Å²) in [6, 6.07) is 59.2. The van der Waals surface area contributed by atoms with E-state index < -0.39 is 0 Å². The first kappa shape index (κ1) is 28.2. The quantitative estimate of drug-likeness (QED) is 0.204. The smallest absolute Gasteiger partial charge is 0.238 e. The molecule has 0 aliphatic heterocycles. The number of aromatic amines is 1. The van der Waals surface area contributed by atoms with Gasteiger partial charge in [-0.15, -0.1) is 0 Å². The number of fused-ring (bicyclic) bond motifs is 7. The number of rotatable bonds is 5. The molecule has 5 heteroatoms. The van der Waals surface area contributed by atoms with Crippen LogP contribution < -0.4 is 0 Å². The average molecular weight is 640 g/mol. The van der Waals surface area contributed by atoms with Crippen molar-refractivity contribution in [3.05, 3.63) is 170 Å². The maximum absolute atomic E-state index is 5.23. The van der Waals surface area contributed by atoms with Crippen molar-refractivity contribution in [1.82, 2.24) is 24.5 Å². The number of benzene rings is 7. The highest BCUT2D eigenvalue weighted by Crippen LogP contribution is 2.38. The lowest BCUT2D eigenvalue weighted by atomic mass is 10.0. The lowest BCUT2D eigenvalue weighted by Crippen LogP contribution is -2.06. The van der Waals surface area contributed by atoms with Crippen molar-refractivity contribution in [2.75, 3.05) is 0 Å². The van der Waals surface area contributed by atoms with Crippen LogP contribution in [0.1, 0.15) is 0 Å². The Morgan fingerprint density at radius 2 is 0.840 bits per heavy atom. The molecule has 1 N–H and O–H groups in total. The Labute approximate surface area is 288 Å². The van der Waals surface area contributed by atoms with Gasteiger partial charge in [0.05, 0.1) is 16.6 Å². The van der Waals surface area contributed by atoms with E-state index in [4.69, 9.17) is 15.0 Å². The van der Waals surface area contributed by atoms with Crippen LogP contribution in [0.15, 0.2) is 170 Å². The zero-order chi connectivity index (χ0) is 33.0. The number of nitrogens with one attached hydrogen (secondary N) is 1. The fourth-order valence-corrected chi connectivity index (χ4v) is 7.19. The van der Waals surface area contributed by atoms with E-state index in [9.17, 15) is 0 Å². The summed E-state index contributed by atoms with van der Waals surface area (Å²) >= 11 is 0. The third-order valence-corrected chi connectivity index (χ3v) is 9.64. The molecule has 234 valence electrons. The third-order valence-electron chi connectivity index (χ3n) is 9.64. The van der Waals surface area contributed by atoms with E-state index in [1.165, 1.54) is 21.9 Å². The minimum Gasteiger partial charge on any atom is -0.353 e. The Hall–Kier alpha value is -6.85. The molecule has 0 fully saturated rings. The van der Waals surface area contributed by atoms with E-state index >= 15 is 0 Å². The molecule has 10 aromatic rings. The molecule has 0 unspecified atom stereocenters. The molecule has 0 radical (unpaired) electrons. The molecule has 0 saturated heterocycles. The highest BCUT2D eigenvalue weighted by Gasteiger charge is 2.21. The Kier molecular flexibility index (Phi) is 6.42. The molecule has 7 aromatic carbocycles. The van der Waals surface area contributed by atoms with Gasteiger partial charge in [-0.25, -0.2) is 4.98 Å². The van der Waals surface area contributed by atoms with Crippen molar-refractivity contribution in [2.24, 2.45) is 0 Å². The average Bonchev–Trinajstić information content (AvgIpc) is 3.75. The molecule has 0 saturated carbocycles. The lowest BCUT2D eigenvalue weighted by molar-refractivity contribution is 0.954. The van der Waals surface area contributed by atoms with E-state index in [1.807, 2.05) is 12.1 Å². The van der Waals surface area contributed by atoms with Crippen LogP contribution >= 0.6 is 0 Å². The largest absolute Gasteiger partial charge is 0.353 e. The molecule has 0 atom stereocenters. The number of aromatic nitrogens is 5. The van der Waals surface area contributed by atoms with E-state index in [-0.39, 0.29) is 0 Å². The minimum atomic E-state index is 0.571. The second-order valence-electron chi connectivity index (χ2n) is 12.6. The predicted octanol–water partition coefficient (Wildman–Crippen LogP) is 11.3. The number of para-hydroxylation sites is 2. The van der Waals surface area contributed by atoms with Crippen molar-refractivity contribution in [3.63, 3.8) is 0 Å². The summed E-state index contributed by atoms with van der Waals surface area (Å²) in [6.45, 7) is 0. The van der Waals surface area contributed by atoms with E-state index in [2.05, 4.69) is 167 Å². The third kappa shape index (κ3) is 4.60. The molecule has 0 aliphatic rings. The molecule has 0 amide bonds. The summed E-state index contributed by atoms with van der Waals surface area (Å²) in [5, 5.41) is 4.64. The summed E-state index contributed by atoms with van der Waals surface area (Å²) in [5.74, 6) is 1.81. The molecular weight excluding hydrogens is 611 g/mol. The second-order valence-corrected chi connectivity index (χ2v) is 12.6. The maximum Gasteiger partial charge on any atom is 0.238 e. The maximum atomic E-state index is 5.23. The van der Waals surface area contributed by atoms with Gasteiger partial charge in [-0.1, -0.05) is 158 Å². The Morgan fingerprint density at radius 1 is 0.360 bits per heavy atom. The van der Waals surface area contributed by atoms with Crippen molar-refractivity contribution >= 4 is 43.6 Å². The minimum absolute atomic E-state index is 0.571. The molecule has 0 spiro atoms. The zero-order valence-electron chi connectivity index (χ0n) is 27.0. The van der Waals surface area contributed by atoms with Crippen LogP contribution in [-0.4, -0.2) is 24.5 Å². The number of hydrogen-bond acceptors (Lipinski definition) is 3. The van der Waals surface area contributed by atoms with Crippen LogP contribution in [0.4, 0.5) is 0 Å². The first-order chi connectivity index (χ1) is 24.8. The second kappa shape index (κ2) is 11.4. The summed E-state index contributed by atoms with van der Waals surface area (Å²) in [5.41, 5.74) is 10.7. The molecular formula is C45H29N5. The van der Waals surface area contributed by atoms with Gasteiger partial charge >= 0.3 is 0 Å². The summed E-state index contributed by atoms with van der Waals surface area (Å²) in [7, 11) is 0. The molecule has 3 heterocycles. The fourth-order valence-electron chi connectivity index (χ4n) is 7.19. The van der Waals surface area contributed by atoms with Crippen LogP contribution in [0.2, 0.25) is 0 Å². The van der Waals surface area contributed by atoms with Gasteiger partial charge in [-0.05, 0) is 34.4 Å². The molecule has 50 heavy (non-hydrogen) atoms. The zero-order valence-corrected chi connectivity index (χ0v) is 27.0. The van der Waals surface area contributed by atoms with Crippen LogP contribution in [0.5, 0.6) is 0 Å². The predicted molar refractivity (Wildman–Crippen MR) is 205 cm³/mol. The number of hydrogen-bond donors (Lipinski definition) is 1. The molecule has 3 aromatic heterocycles. The Bertz CT molecular complexity index is 2730. The van der Waals surface area contributed by atoms with Crippen molar-refractivity contribution in [1.29, 1.82) is 0 Å². The standard InChI is InChI=1S/C45H29N5/c1-3-11-29(12-4-1)31-19-23-33(24-20-31)43-47-44(34-25-21-32(22-26-34)30-13-5-2-6-14-30)49-45(48-43)50-40-18-10-8-16-36(40)38-28-27-37-35-15-7-9-17-39(35)46-41(37)42(38)50/h1-28,46H. The van der Waals surface area contributed by atoms with Crippen molar-refractivity contribution in [2.45, 2.75) is 0 Å². The van der Waals surface area contributed by atoms with Gasteiger partial charge in [-0.2, -0.15) is 9.97 Å². The summed E-state index contributed by atoms with van der Waals surface area (Å²) < 4.78 is 2.20. The van der Waals surface area contributed by atoms with E-state index in [0.717, 1.165) is 55.1 Å². The normalized spacial score (nSPS) is 11.6. The van der Waals surface area contributed by atoms with Gasteiger partial charge in [0.2, 0.25) is 5.95 Å². The molecule has 0 aliphatic carbocycles. The van der Waals surface area contributed by atoms with Gasteiger partial charge in [0.1, 0.15) is 0 Å². The van der Waals surface area contributed by atoms with Crippen LogP contribution in [0.25, 0.3) is 94.6 Å². The van der Waals surface area contributed by atoms with Gasteiger partial charge in [0.15, 0.2) is 11.6 Å². The van der Waals surface area contributed by atoms with Gasteiger partial charge in [-0.3, -0.25) is 4.57 Å². The molecule has 5 nitrogen and oxygen atoms in total. The van der Waals surface area contributed by atoms with E-state index in [0.29, 0.717) is 17.6 Å². The van der Waals surface area contributed by atoms with Crippen LogP contribution in [0.3, 0.4) is 0 Å². The topological polar surface area (TPSA) is 59.4 Å². The summed E-state index contributed by atoms with van der Waals surface area (Å²) in [4.78, 5) is 19.3. The Morgan fingerprint density at radius 3 is 1.46 bits per heavy atom. The van der Waals surface area contributed by atoms with Crippen molar-refractivity contribution < 1.29 is 0 Å². The number of H-pyrrole nitrogens is 1. The van der Waals surface area contributed by atoms with Crippen molar-refractivity contribution in [3.8, 4) is 51.0 Å². The van der Waals surface area contributed by atoms with Gasteiger partial charge in [0.25, 0.3) is 0 Å². The van der Waals surface area contributed by atoms with E-state index in [1.54, 1.807) is 0 Å². The monoisotopic (exact) mass is 639 g/mol. The van der Waals surface area contributed by atoms with Gasteiger partial charge in [0, 0.05) is 38.2 Å². The Balaban J connectivity index is 1.22. The number of nitrogens with zero attached hydrogens (tertiary/aromatic N) is 4. The molecule has 10 rings (SSSR count).